The van der Waals surface area contributed by atoms with Crippen molar-refractivity contribution in [3.05, 3.63) is 0 Å². The lowest BCUT2D eigenvalue weighted by molar-refractivity contribution is -0.121. The Morgan fingerprint density at radius 1 is 1.26 bits per heavy atom. The van der Waals surface area contributed by atoms with Gasteiger partial charge in [-0.1, -0.05) is 39.5 Å². The van der Waals surface area contributed by atoms with Crippen molar-refractivity contribution in [1.29, 1.82) is 0 Å². The lowest BCUT2D eigenvalue weighted by atomic mass is 10.0. The predicted octanol–water partition coefficient (Wildman–Crippen LogP) is 3.10. The average Bonchev–Trinajstić information content (AvgIpc) is 2.88. The van der Waals surface area contributed by atoms with Gasteiger partial charge in [0.2, 0.25) is 5.91 Å². The zero-order valence-corrected chi connectivity index (χ0v) is 12.8. The molecule has 1 aliphatic heterocycles. The maximum atomic E-state index is 11.6. The molecule has 0 radical (unpaired) electrons. The van der Waals surface area contributed by atoms with Crippen molar-refractivity contribution in [2.45, 2.75) is 65.2 Å². The molecule has 1 atom stereocenters. The lowest BCUT2D eigenvalue weighted by Crippen LogP contribution is -2.25. The molecule has 0 aliphatic carbocycles. The number of carbonyl (C=O) groups excluding carboxylic acids is 1. The number of carbonyl (C=O) groups is 1. The molecule has 1 saturated heterocycles. The maximum absolute atomic E-state index is 11.6. The zero-order valence-electron chi connectivity index (χ0n) is 12.8. The fraction of sp³-hybridized carbons (Fsp3) is 0.938. The molecule has 2 N–H and O–H groups in total. The van der Waals surface area contributed by atoms with E-state index in [0.717, 1.165) is 44.3 Å². The summed E-state index contributed by atoms with van der Waals surface area (Å²) in [6.07, 6.45) is 9.36. The molecule has 3 nitrogen and oxygen atoms in total. The molecule has 0 aromatic rings. The quantitative estimate of drug-likeness (QED) is 0.598. The van der Waals surface area contributed by atoms with Gasteiger partial charge in [0.05, 0.1) is 0 Å². The van der Waals surface area contributed by atoms with Gasteiger partial charge in [-0.2, -0.15) is 0 Å². The molecule has 1 amide bonds. The Balaban J connectivity index is 1.84. The van der Waals surface area contributed by atoms with E-state index in [9.17, 15) is 4.79 Å². The summed E-state index contributed by atoms with van der Waals surface area (Å²) in [5.74, 6) is 1.79. The minimum Gasteiger partial charge on any atom is -0.356 e. The van der Waals surface area contributed by atoms with E-state index >= 15 is 0 Å². The summed E-state index contributed by atoms with van der Waals surface area (Å²) >= 11 is 0. The third-order valence-corrected chi connectivity index (χ3v) is 3.97. The Bertz CT molecular complexity index is 235. The molecule has 1 heterocycles. The van der Waals surface area contributed by atoms with Crippen LogP contribution in [0.15, 0.2) is 0 Å². The average molecular weight is 268 g/mol. The molecule has 0 aromatic heterocycles. The highest BCUT2D eigenvalue weighted by atomic mass is 16.1. The molecule has 1 fully saturated rings. The molecular weight excluding hydrogens is 236 g/mol. The van der Waals surface area contributed by atoms with Crippen LogP contribution in [0.1, 0.15) is 65.2 Å². The normalized spacial score (nSPS) is 19.0. The summed E-state index contributed by atoms with van der Waals surface area (Å²) in [4.78, 5) is 11.6. The van der Waals surface area contributed by atoms with Gasteiger partial charge in [0.1, 0.15) is 0 Å². The Kier molecular flexibility index (Phi) is 8.89. The van der Waals surface area contributed by atoms with E-state index in [1.54, 1.807) is 0 Å². The largest absolute Gasteiger partial charge is 0.356 e. The molecule has 1 rings (SSSR count). The van der Waals surface area contributed by atoms with E-state index < -0.39 is 0 Å². The highest BCUT2D eigenvalue weighted by molar-refractivity contribution is 5.75. The van der Waals surface area contributed by atoms with Gasteiger partial charge < -0.3 is 10.6 Å². The Morgan fingerprint density at radius 3 is 2.74 bits per heavy atom. The van der Waals surface area contributed by atoms with Crippen LogP contribution in [0, 0.1) is 11.8 Å². The van der Waals surface area contributed by atoms with Crippen LogP contribution in [0.25, 0.3) is 0 Å². The smallest absolute Gasteiger partial charge is 0.220 e. The Labute approximate surface area is 118 Å². The van der Waals surface area contributed by atoms with Crippen LogP contribution >= 0.6 is 0 Å². The standard InChI is InChI=1S/C16H32N2O/c1-14(2)7-5-3-4-6-11-18-16(19)9-8-15-10-12-17-13-15/h14-15,17H,3-13H2,1-2H3,(H,18,19). The van der Waals surface area contributed by atoms with Crippen LogP contribution in [0.2, 0.25) is 0 Å². The van der Waals surface area contributed by atoms with Gasteiger partial charge in [-0.3, -0.25) is 4.79 Å². The highest BCUT2D eigenvalue weighted by Crippen LogP contribution is 2.14. The van der Waals surface area contributed by atoms with Crippen molar-refractivity contribution >= 4 is 5.91 Å². The number of unbranched alkanes of at least 4 members (excludes halogenated alkanes) is 3. The number of nitrogens with one attached hydrogen (secondary N) is 2. The van der Waals surface area contributed by atoms with Crippen LogP contribution < -0.4 is 10.6 Å². The van der Waals surface area contributed by atoms with E-state index in [0.29, 0.717) is 6.42 Å². The molecule has 19 heavy (non-hydrogen) atoms. The second-order valence-electron chi connectivity index (χ2n) is 6.34. The van der Waals surface area contributed by atoms with E-state index in [1.807, 2.05) is 0 Å². The predicted molar refractivity (Wildman–Crippen MR) is 81.1 cm³/mol. The fourth-order valence-corrected chi connectivity index (χ4v) is 2.64. The van der Waals surface area contributed by atoms with Crippen molar-refractivity contribution in [1.82, 2.24) is 10.6 Å². The van der Waals surface area contributed by atoms with E-state index in [-0.39, 0.29) is 5.91 Å². The van der Waals surface area contributed by atoms with Crippen LogP contribution in [0.4, 0.5) is 0 Å². The molecule has 0 saturated carbocycles. The summed E-state index contributed by atoms with van der Waals surface area (Å²) in [6.45, 7) is 7.65. The van der Waals surface area contributed by atoms with Crippen LogP contribution in [0.5, 0.6) is 0 Å². The molecule has 0 bridgehead atoms. The van der Waals surface area contributed by atoms with Gasteiger partial charge >= 0.3 is 0 Å². The van der Waals surface area contributed by atoms with E-state index in [1.165, 1.54) is 32.1 Å². The summed E-state index contributed by atoms with van der Waals surface area (Å²) in [7, 11) is 0. The first-order chi connectivity index (χ1) is 9.18. The van der Waals surface area contributed by atoms with Gasteiger partial charge in [-0.15, -0.1) is 0 Å². The van der Waals surface area contributed by atoms with Crippen molar-refractivity contribution in [2.24, 2.45) is 11.8 Å². The van der Waals surface area contributed by atoms with Crippen LogP contribution in [0.3, 0.4) is 0 Å². The zero-order chi connectivity index (χ0) is 13.9. The summed E-state index contributed by atoms with van der Waals surface area (Å²) < 4.78 is 0. The van der Waals surface area contributed by atoms with E-state index in [4.69, 9.17) is 0 Å². The number of hydrogen-bond acceptors (Lipinski definition) is 2. The monoisotopic (exact) mass is 268 g/mol. The van der Waals surface area contributed by atoms with Crippen molar-refractivity contribution in [3.8, 4) is 0 Å². The summed E-state index contributed by atoms with van der Waals surface area (Å²) in [5.41, 5.74) is 0. The molecule has 1 unspecified atom stereocenters. The first-order valence-corrected chi connectivity index (χ1v) is 8.16. The van der Waals surface area contributed by atoms with Gasteiger partial charge in [0.25, 0.3) is 0 Å². The van der Waals surface area contributed by atoms with Gasteiger partial charge in [0, 0.05) is 13.0 Å². The van der Waals surface area contributed by atoms with Gasteiger partial charge in [-0.05, 0) is 44.2 Å². The third-order valence-electron chi connectivity index (χ3n) is 3.97. The fourth-order valence-electron chi connectivity index (χ4n) is 2.64. The molecular formula is C16H32N2O. The lowest BCUT2D eigenvalue weighted by Gasteiger charge is -2.09. The number of rotatable bonds is 10. The van der Waals surface area contributed by atoms with Crippen LogP contribution in [-0.2, 0) is 4.79 Å². The second-order valence-corrected chi connectivity index (χ2v) is 6.34. The molecule has 3 heteroatoms. The minimum absolute atomic E-state index is 0.245. The molecule has 1 aliphatic rings. The molecule has 0 aromatic carbocycles. The van der Waals surface area contributed by atoms with Crippen molar-refractivity contribution < 1.29 is 4.79 Å². The maximum Gasteiger partial charge on any atom is 0.220 e. The topological polar surface area (TPSA) is 41.1 Å². The second kappa shape index (κ2) is 10.2. The number of hydrogen-bond donors (Lipinski definition) is 2. The van der Waals surface area contributed by atoms with Crippen LogP contribution in [-0.4, -0.2) is 25.5 Å². The third kappa shape index (κ3) is 9.04. The molecule has 112 valence electrons. The van der Waals surface area contributed by atoms with Crippen molar-refractivity contribution in [3.63, 3.8) is 0 Å². The van der Waals surface area contributed by atoms with Gasteiger partial charge in [-0.25, -0.2) is 0 Å². The Morgan fingerprint density at radius 2 is 2.05 bits per heavy atom. The number of amides is 1. The van der Waals surface area contributed by atoms with Gasteiger partial charge in [0.15, 0.2) is 0 Å². The Hall–Kier alpha value is -0.570. The first kappa shape index (κ1) is 16.5. The van der Waals surface area contributed by atoms with E-state index in [2.05, 4.69) is 24.5 Å². The van der Waals surface area contributed by atoms with Crippen molar-refractivity contribution in [2.75, 3.05) is 19.6 Å². The summed E-state index contributed by atoms with van der Waals surface area (Å²) in [6, 6.07) is 0. The highest BCUT2D eigenvalue weighted by Gasteiger charge is 2.15. The molecule has 0 spiro atoms. The minimum atomic E-state index is 0.245. The first-order valence-electron chi connectivity index (χ1n) is 8.16. The summed E-state index contributed by atoms with van der Waals surface area (Å²) in [5, 5.41) is 6.39. The SMILES string of the molecule is CC(C)CCCCCCNC(=O)CCC1CCNC1.